The van der Waals surface area contributed by atoms with Crippen LogP contribution < -0.4 is 10.2 Å². The third-order valence-corrected chi connectivity index (χ3v) is 7.03. The smallest absolute Gasteiger partial charge is 0.408 e. The molecule has 1 atom stereocenters. The predicted molar refractivity (Wildman–Crippen MR) is 145 cm³/mol. The van der Waals surface area contributed by atoms with Gasteiger partial charge in [0.1, 0.15) is 18.2 Å². The van der Waals surface area contributed by atoms with Gasteiger partial charge in [-0.15, -0.1) is 11.8 Å². The van der Waals surface area contributed by atoms with E-state index in [0.717, 1.165) is 26.9 Å². The first-order valence-corrected chi connectivity index (χ1v) is 12.9. The summed E-state index contributed by atoms with van der Waals surface area (Å²) in [5.74, 6) is -0.397. The van der Waals surface area contributed by atoms with E-state index >= 15 is 0 Å². The van der Waals surface area contributed by atoms with Gasteiger partial charge in [0.15, 0.2) is 0 Å². The van der Waals surface area contributed by atoms with Gasteiger partial charge in [0.25, 0.3) is 0 Å². The van der Waals surface area contributed by atoms with Crippen LogP contribution in [0.2, 0.25) is 0 Å². The lowest BCUT2D eigenvalue weighted by Gasteiger charge is -2.24. The van der Waals surface area contributed by atoms with E-state index < -0.39 is 23.7 Å². The number of carbonyl (C=O) groups excluding carboxylic acids is 3. The van der Waals surface area contributed by atoms with E-state index in [9.17, 15) is 14.4 Å². The number of anilines is 1. The molecular weight excluding hydrogens is 490 g/mol. The van der Waals surface area contributed by atoms with Crippen molar-refractivity contribution in [1.29, 1.82) is 0 Å². The van der Waals surface area contributed by atoms with Crippen LogP contribution >= 0.6 is 11.8 Å². The third-order valence-electron chi connectivity index (χ3n) is 5.81. The molecule has 3 aromatic rings. The average molecular weight is 522 g/mol. The minimum absolute atomic E-state index is 0.181. The molecule has 0 saturated carbocycles. The molecule has 4 rings (SSSR count). The van der Waals surface area contributed by atoms with Crippen LogP contribution in [0.15, 0.2) is 59.6 Å². The van der Waals surface area contributed by atoms with Crippen molar-refractivity contribution < 1.29 is 23.9 Å². The standard InChI is InChI=1S/C28H31N3O5S/c1-28(2,3)36-27(34)29-21-17-37-25-20(11-12-23(32)35-16-18-9-7-6-8-10-18)24-19(13-14-30(24)4)15-22(25)31(5)26(21)33/h6-15,21H,16-17H2,1-5H3,(H,29,34)/b12-11-/t21-/m0/s1. The van der Waals surface area contributed by atoms with Gasteiger partial charge in [-0.1, -0.05) is 30.3 Å². The van der Waals surface area contributed by atoms with E-state index in [-0.39, 0.29) is 12.5 Å². The summed E-state index contributed by atoms with van der Waals surface area (Å²) in [5, 5.41) is 3.64. The van der Waals surface area contributed by atoms with Crippen molar-refractivity contribution in [3.05, 3.63) is 65.9 Å². The first-order chi connectivity index (χ1) is 17.5. The number of carbonyl (C=O) groups is 3. The van der Waals surface area contributed by atoms with E-state index in [4.69, 9.17) is 9.47 Å². The molecule has 0 saturated heterocycles. The number of thioether (sulfide) groups is 1. The Bertz CT molecular complexity index is 1360. The van der Waals surface area contributed by atoms with Crippen molar-refractivity contribution >= 4 is 52.4 Å². The number of nitrogens with zero attached hydrogens (tertiary/aromatic N) is 2. The highest BCUT2D eigenvalue weighted by Crippen LogP contribution is 2.41. The van der Waals surface area contributed by atoms with Crippen LogP contribution in [0.5, 0.6) is 0 Å². The fourth-order valence-electron chi connectivity index (χ4n) is 4.10. The number of hydrogen-bond acceptors (Lipinski definition) is 6. The highest BCUT2D eigenvalue weighted by molar-refractivity contribution is 7.99. The Morgan fingerprint density at radius 1 is 1.16 bits per heavy atom. The van der Waals surface area contributed by atoms with Gasteiger partial charge in [-0.3, -0.25) is 4.79 Å². The maximum atomic E-state index is 13.3. The largest absolute Gasteiger partial charge is 0.458 e. The van der Waals surface area contributed by atoms with Crippen molar-refractivity contribution in [3.8, 4) is 0 Å². The molecule has 0 fully saturated rings. The van der Waals surface area contributed by atoms with E-state index in [1.165, 1.54) is 17.8 Å². The predicted octanol–water partition coefficient (Wildman–Crippen LogP) is 4.90. The van der Waals surface area contributed by atoms with Crippen LogP contribution in [0.25, 0.3) is 17.0 Å². The lowest BCUT2D eigenvalue weighted by Crippen LogP contribution is -2.49. The van der Waals surface area contributed by atoms with Gasteiger partial charge >= 0.3 is 12.1 Å². The van der Waals surface area contributed by atoms with E-state index in [2.05, 4.69) is 5.32 Å². The zero-order valence-electron chi connectivity index (χ0n) is 21.6. The number of benzene rings is 2. The molecule has 2 aromatic carbocycles. The lowest BCUT2D eigenvalue weighted by atomic mass is 10.1. The van der Waals surface area contributed by atoms with E-state index in [1.54, 1.807) is 38.8 Å². The third kappa shape index (κ3) is 6.17. The number of nitrogens with one attached hydrogen (secondary N) is 1. The Kier molecular flexibility index (Phi) is 7.63. The summed E-state index contributed by atoms with van der Waals surface area (Å²) < 4.78 is 12.8. The fourth-order valence-corrected chi connectivity index (χ4v) is 5.32. The maximum Gasteiger partial charge on any atom is 0.408 e. The monoisotopic (exact) mass is 521 g/mol. The molecule has 1 aromatic heterocycles. The van der Waals surface area contributed by atoms with Crippen LogP contribution in [-0.2, 0) is 32.7 Å². The summed E-state index contributed by atoms with van der Waals surface area (Å²) >= 11 is 1.45. The van der Waals surface area contributed by atoms with Crippen molar-refractivity contribution in [2.75, 3.05) is 17.7 Å². The second kappa shape index (κ2) is 10.7. The summed E-state index contributed by atoms with van der Waals surface area (Å²) in [4.78, 5) is 40.6. The molecule has 0 spiro atoms. The van der Waals surface area contributed by atoms with Gasteiger partial charge in [0, 0.05) is 48.0 Å². The van der Waals surface area contributed by atoms with Gasteiger partial charge in [-0.25, -0.2) is 9.59 Å². The first kappa shape index (κ1) is 26.3. The molecule has 8 nitrogen and oxygen atoms in total. The van der Waals surface area contributed by atoms with Gasteiger partial charge in [-0.2, -0.15) is 0 Å². The molecule has 9 heteroatoms. The number of aromatic nitrogens is 1. The molecule has 2 amide bonds. The van der Waals surface area contributed by atoms with Gasteiger partial charge in [0.05, 0.1) is 11.2 Å². The number of ether oxygens (including phenoxy) is 2. The van der Waals surface area contributed by atoms with Crippen LogP contribution in [-0.4, -0.2) is 47.0 Å². The molecule has 0 radical (unpaired) electrons. The SMILES string of the molecule is CN1C(=O)[C@@H](NC(=O)OC(C)(C)C)CSc2c1cc1ccn(C)c1c2/C=C\C(=O)OCc1ccccc1. The zero-order valence-corrected chi connectivity index (χ0v) is 22.4. The van der Waals surface area contributed by atoms with Crippen LogP contribution in [0, 0.1) is 0 Å². The van der Waals surface area contributed by atoms with Gasteiger partial charge in [-0.05, 0) is 44.5 Å². The van der Waals surface area contributed by atoms with Gasteiger partial charge < -0.3 is 24.3 Å². The maximum absolute atomic E-state index is 13.3. The fraction of sp³-hybridized carbons (Fsp3) is 0.321. The second-order valence-electron chi connectivity index (χ2n) is 9.84. The van der Waals surface area contributed by atoms with Gasteiger partial charge in [0.2, 0.25) is 5.91 Å². The Morgan fingerprint density at radius 3 is 2.59 bits per heavy atom. The van der Waals surface area contributed by atoms with Crippen molar-refractivity contribution in [2.24, 2.45) is 7.05 Å². The number of likely N-dealkylation sites (N-methyl/N-ethyl adjacent to an activating group) is 1. The molecular formula is C28H31N3O5S. The quantitative estimate of drug-likeness (QED) is 0.380. The molecule has 194 valence electrons. The minimum atomic E-state index is -0.770. The number of hydrogen-bond donors (Lipinski definition) is 1. The van der Waals surface area contributed by atoms with Crippen molar-refractivity contribution in [1.82, 2.24) is 9.88 Å². The summed E-state index contributed by atoms with van der Waals surface area (Å²) in [6, 6.07) is 12.6. The highest BCUT2D eigenvalue weighted by atomic mass is 32.2. The van der Waals surface area contributed by atoms with Crippen molar-refractivity contribution in [2.45, 2.75) is 43.9 Å². The number of fused-ring (bicyclic) bond motifs is 2. The molecule has 37 heavy (non-hydrogen) atoms. The minimum Gasteiger partial charge on any atom is -0.458 e. The van der Waals surface area contributed by atoms with Crippen LogP contribution in [0.4, 0.5) is 10.5 Å². The molecule has 1 N–H and O–H groups in total. The molecule has 2 heterocycles. The lowest BCUT2D eigenvalue weighted by molar-refractivity contribution is -0.138. The molecule has 1 aliphatic heterocycles. The molecule has 0 bridgehead atoms. The topological polar surface area (TPSA) is 89.9 Å². The van der Waals surface area contributed by atoms with E-state index in [1.807, 2.05) is 60.3 Å². The second-order valence-corrected chi connectivity index (χ2v) is 10.9. The molecule has 0 unspecified atom stereocenters. The normalized spacial score (nSPS) is 16.0. The number of aryl methyl sites for hydroxylation is 1. The number of rotatable bonds is 5. The van der Waals surface area contributed by atoms with E-state index in [0.29, 0.717) is 11.4 Å². The summed E-state index contributed by atoms with van der Waals surface area (Å²) in [7, 11) is 3.62. The number of alkyl carbamates (subject to hydrolysis) is 1. The average Bonchev–Trinajstić information content (AvgIpc) is 3.17. The first-order valence-electron chi connectivity index (χ1n) is 11.9. The summed E-state index contributed by atoms with van der Waals surface area (Å²) in [6.07, 6.45) is 4.45. The molecule has 0 aliphatic carbocycles. The van der Waals surface area contributed by atoms with Crippen LogP contribution in [0.1, 0.15) is 31.9 Å². The summed E-state index contributed by atoms with van der Waals surface area (Å²) in [6.45, 7) is 5.49. The number of amides is 2. The Morgan fingerprint density at radius 2 is 1.89 bits per heavy atom. The summed E-state index contributed by atoms with van der Waals surface area (Å²) in [5.41, 5.74) is 2.67. The molecule has 1 aliphatic rings. The highest BCUT2D eigenvalue weighted by Gasteiger charge is 2.33. The zero-order chi connectivity index (χ0) is 26.7. The Hall–Kier alpha value is -3.72. The van der Waals surface area contributed by atoms with Crippen LogP contribution in [0.3, 0.4) is 0 Å². The Balaban J connectivity index is 1.62. The number of esters is 1. The van der Waals surface area contributed by atoms with Crippen molar-refractivity contribution in [3.63, 3.8) is 0 Å². The Labute approximate surface area is 220 Å².